The first-order valence-corrected chi connectivity index (χ1v) is 9.46. The third-order valence-electron chi connectivity index (χ3n) is 4.54. The van der Waals surface area contributed by atoms with Gasteiger partial charge in [0.25, 0.3) is 5.91 Å². The summed E-state index contributed by atoms with van der Waals surface area (Å²) in [5, 5.41) is 4.13. The van der Waals surface area contributed by atoms with Crippen LogP contribution in [0.2, 0.25) is 0 Å². The molecule has 0 bridgehead atoms. The van der Waals surface area contributed by atoms with Crippen LogP contribution in [-0.4, -0.2) is 38.5 Å². The van der Waals surface area contributed by atoms with E-state index in [1.54, 1.807) is 0 Å². The Morgan fingerprint density at radius 1 is 1.42 bits per heavy atom. The molecule has 1 atom stereocenters. The van der Waals surface area contributed by atoms with Gasteiger partial charge in [-0.15, -0.1) is 5.10 Å². The van der Waals surface area contributed by atoms with Crippen LogP contribution in [-0.2, 0) is 12.8 Å². The summed E-state index contributed by atoms with van der Waals surface area (Å²) in [4.78, 5) is 19.9. The predicted octanol–water partition coefficient (Wildman–Crippen LogP) is 3.29. The summed E-state index contributed by atoms with van der Waals surface area (Å²) in [6.45, 7) is 5.75. The van der Waals surface area contributed by atoms with Gasteiger partial charge in [-0.3, -0.25) is 9.78 Å². The Morgan fingerprint density at radius 3 is 3.04 bits per heavy atom. The Bertz CT molecular complexity index is 683. The molecule has 6 heteroatoms. The first-order valence-electron chi connectivity index (χ1n) is 8.69. The van der Waals surface area contributed by atoms with Crippen molar-refractivity contribution in [2.75, 3.05) is 13.1 Å². The van der Waals surface area contributed by atoms with E-state index in [-0.39, 0.29) is 5.91 Å². The normalized spacial score (nSPS) is 17.9. The molecular weight excluding hydrogens is 320 g/mol. The summed E-state index contributed by atoms with van der Waals surface area (Å²) in [6, 6.07) is 4.21. The fraction of sp³-hybridized carbons (Fsp3) is 0.556. The molecule has 1 saturated heterocycles. The summed E-state index contributed by atoms with van der Waals surface area (Å²) in [6.07, 6.45) is 6.98. The SMILES string of the molecule is CCCc1nnsc1C(=O)N1CCCC(Cc2ccc(C)nc2)C1. The molecule has 2 aromatic rings. The number of hydrogen-bond acceptors (Lipinski definition) is 5. The number of piperidine rings is 1. The average molecular weight is 344 g/mol. The Kier molecular flexibility index (Phi) is 5.56. The van der Waals surface area contributed by atoms with E-state index in [1.165, 1.54) is 23.5 Å². The first-order chi connectivity index (χ1) is 11.7. The highest BCUT2D eigenvalue weighted by molar-refractivity contribution is 7.08. The number of pyridine rings is 1. The number of amides is 1. The van der Waals surface area contributed by atoms with Crippen molar-refractivity contribution in [3.8, 4) is 0 Å². The maximum Gasteiger partial charge on any atom is 0.267 e. The number of carbonyl (C=O) groups excluding carboxylic acids is 1. The molecule has 1 aliphatic rings. The van der Waals surface area contributed by atoms with Crippen LogP contribution in [0, 0.1) is 12.8 Å². The molecule has 24 heavy (non-hydrogen) atoms. The van der Waals surface area contributed by atoms with E-state index in [2.05, 4.69) is 33.6 Å². The quantitative estimate of drug-likeness (QED) is 0.835. The van der Waals surface area contributed by atoms with E-state index in [9.17, 15) is 4.79 Å². The summed E-state index contributed by atoms with van der Waals surface area (Å²) < 4.78 is 3.99. The number of carbonyl (C=O) groups is 1. The minimum Gasteiger partial charge on any atom is -0.338 e. The number of likely N-dealkylation sites (tertiary alicyclic amines) is 1. The lowest BCUT2D eigenvalue weighted by Gasteiger charge is -2.32. The van der Waals surface area contributed by atoms with Crippen LogP contribution >= 0.6 is 11.5 Å². The van der Waals surface area contributed by atoms with Crippen molar-refractivity contribution in [3.05, 3.63) is 40.2 Å². The van der Waals surface area contributed by atoms with Gasteiger partial charge in [0.1, 0.15) is 4.88 Å². The highest BCUT2D eigenvalue weighted by Gasteiger charge is 2.27. The zero-order valence-electron chi connectivity index (χ0n) is 14.4. The molecule has 0 aromatic carbocycles. The van der Waals surface area contributed by atoms with E-state index in [0.29, 0.717) is 5.92 Å². The second-order valence-electron chi connectivity index (χ2n) is 6.57. The molecule has 0 aliphatic carbocycles. The van der Waals surface area contributed by atoms with Gasteiger partial charge in [0.05, 0.1) is 5.69 Å². The highest BCUT2D eigenvalue weighted by atomic mass is 32.1. The van der Waals surface area contributed by atoms with Crippen LogP contribution < -0.4 is 0 Å². The smallest absolute Gasteiger partial charge is 0.267 e. The van der Waals surface area contributed by atoms with Gasteiger partial charge in [0, 0.05) is 25.0 Å². The molecule has 3 rings (SSSR count). The molecule has 1 amide bonds. The van der Waals surface area contributed by atoms with Crippen molar-refractivity contribution in [1.82, 2.24) is 19.5 Å². The van der Waals surface area contributed by atoms with Crippen molar-refractivity contribution < 1.29 is 4.79 Å². The Labute approximate surface area is 147 Å². The number of nitrogens with zero attached hydrogens (tertiary/aromatic N) is 4. The van der Waals surface area contributed by atoms with Gasteiger partial charge < -0.3 is 4.90 Å². The molecule has 0 saturated carbocycles. The lowest BCUT2D eigenvalue weighted by molar-refractivity contribution is 0.0677. The Hall–Kier alpha value is -1.82. The van der Waals surface area contributed by atoms with E-state index >= 15 is 0 Å². The third kappa shape index (κ3) is 3.98. The van der Waals surface area contributed by atoms with Gasteiger partial charge in [-0.2, -0.15) is 0 Å². The predicted molar refractivity (Wildman–Crippen MR) is 95.2 cm³/mol. The molecule has 0 radical (unpaired) electrons. The van der Waals surface area contributed by atoms with Crippen molar-refractivity contribution in [2.45, 2.75) is 46.0 Å². The number of aryl methyl sites for hydroxylation is 2. The number of rotatable bonds is 5. The van der Waals surface area contributed by atoms with Gasteiger partial charge in [-0.25, -0.2) is 0 Å². The second kappa shape index (κ2) is 7.83. The first kappa shape index (κ1) is 17.0. The minimum atomic E-state index is 0.111. The van der Waals surface area contributed by atoms with Crippen molar-refractivity contribution in [1.29, 1.82) is 0 Å². The van der Waals surface area contributed by atoms with E-state index < -0.39 is 0 Å². The summed E-state index contributed by atoms with van der Waals surface area (Å²) in [5.41, 5.74) is 3.16. The highest BCUT2D eigenvalue weighted by Crippen LogP contribution is 2.24. The van der Waals surface area contributed by atoms with Gasteiger partial charge in [0.15, 0.2) is 0 Å². The molecule has 128 valence electrons. The lowest BCUT2D eigenvalue weighted by Crippen LogP contribution is -2.40. The maximum atomic E-state index is 12.8. The van der Waals surface area contributed by atoms with Crippen LogP contribution in [0.3, 0.4) is 0 Å². The zero-order chi connectivity index (χ0) is 16.9. The molecule has 5 nitrogen and oxygen atoms in total. The van der Waals surface area contributed by atoms with Crippen LogP contribution in [0.4, 0.5) is 0 Å². The van der Waals surface area contributed by atoms with Crippen molar-refractivity contribution in [3.63, 3.8) is 0 Å². The van der Waals surface area contributed by atoms with Gasteiger partial charge >= 0.3 is 0 Å². The van der Waals surface area contributed by atoms with E-state index in [1.807, 2.05) is 18.0 Å². The topological polar surface area (TPSA) is 59.0 Å². The van der Waals surface area contributed by atoms with Crippen LogP contribution in [0.1, 0.15) is 52.8 Å². The van der Waals surface area contributed by atoms with E-state index in [0.717, 1.165) is 55.0 Å². The van der Waals surface area contributed by atoms with Gasteiger partial charge in [-0.1, -0.05) is 23.9 Å². The molecule has 1 aliphatic heterocycles. The molecular formula is C18H24N4OS. The summed E-state index contributed by atoms with van der Waals surface area (Å²) >= 11 is 1.24. The molecule has 1 unspecified atom stereocenters. The molecule has 1 fully saturated rings. The molecule has 0 N–H and O–H groups in total. The summed E-state index contributed by atoms with van der Waals surface area (Å²) in [5.74, 6) is 0.614. The Balaban J connectivity index is 1.65. The number of hydrogen-bond donors (Lipinski definition) is 0. The Morgan fingerprint density at radius 2 is 2.29 bits per heavy atom. The zero-order valence-corrected chi connectivity index (χ0v) is 15.2. The maximum absolute atomic E-state index is 12.8. The monoisotopic (exact) mass is 344 g/mol. The fourth-order valence-corrected chi connectivity index (χ4v) is 3.96. The second-order valence-corrected chi connectivity index (χ2v) is 7.32. The minimum absolute atomic E-state index is 0.111. The van der Waals surface area contributed by atoms with Crippen LogP contribution in [0.25, 0.3) is 0 Å². The fourth-order valence-electron chi connectivity index (χ4n) is 3.28. The van der Waals surface area contributed by atoms with Gasteiger partial charge in [-0.05, 0) is 61.7 Å². The summed E-state index contributed by atoms with van der Waals surface area (Å²) in [7, 11) is 0. The van der Waals surface area contributed by atoms with Crippen molar-refractivity contribution in [2.24, 2.45) is 5.92 Å². The number of aromatic nitrogens is 3. The molecule has 0 spiro atoms. The largest absolute Gasteiger partial charge is 0.338 e. The standard InChI is InChI=1S/C18H24N4OS/c1-3-5-16-17(24-21-20-16)18(23)22-9-4-6-15(12-22)10-14-8-7-13(2)19-11-14/h7-8,11,15H,3-6,9-10,12H2,1-2H3. The molecule has 3 heterocycles. The third-order valence-corrected chi connectivity index (χ3v) is 5.30. The van der Waals surface area contributed by atoms with Gasteiger partial charge in [0.2, 0.25) is 0 Å². The van der Waals surface area contributed by atoms with Crippen molar-refractivity contribution >= 4 is 17.4 Å². The average Bonchev–Trinajstić information content (AvgIpc) is 3.05. The lowest BCUT2D eigenvalue weighted by atomic mass is 9.91. The molecule has 2 aromatic heterocycles. The van der Waals surface area contributed by atoms with Crippen LogP contribution in [0.5, 0.6) is 0 Å². The van der Waals surface area contributed by atoms with Crippen LogP contribution in [0.15, 0.2) is 18.3 Å². The van der Waals surface area contributed by atoms with E-state index in [4.69, 9.17) is 0 Å².